The van der Waals surface area contributed by atoms with E-state index in [1.807, 2.05) is 6.82 Å². The van der Waals surface area contributed by atoms with Gasteiger partial charge in [-0.05, 0) is 27.1 Å². The molecule has 1 fully saturated rings. The fraction of sp³-hybridized carbons (Fsp3) is 1.00. The summed E-state index contributed by atoms with van der Waals surface area (Å²) >= 11 is 0. The molecule has 1 heterocycles. The summed E-state index contributed by atoms with van der Waals surface area (Å²) in [7, 11) is -0.0104. The molecule has 0 spiro atoms. The highest BCUT2D eigenvalue weighted by Crippen LogP contribution is 2.14. The summed E-state index contributed by atoms with van der Waals surface area (Å²) in [6.45, 7) is 6.09. The van der Waals surface area contributed by atoms with Crippen molar-refractivity contribution in [3.05, 3.63) is 0 Å². The van der Waals surface area contributed by atoms with E-state index >= 15 is 0 Å². The highest BCUT2D eigenvalue weighted by atomic mass is 16.6. The van der Waals surface area contributed by atoms with Gasteiger partial charge in [0, 0.05) is 12.2 Å². The van der Waals surface area contributed by atoms with E-state index in [0.717, 1.165) is 6.42 Å². The molecular formula is C6H13BO2. The minimum absolute atomic E-state index is 0.0104. The second-order valence-electron chi connectivity index (χ2n) is 2.70. The Hall–Kier alpha value is -0.0151. The molecule has 0 bridgehead atoms. The van der Waals surface area contributed by atoms with Crippen molar-refractivity contribution in [1.29, 1.82) is 0 Å². The lowest BCUT2D eigenvalue weighted by atomic mass is 9.91. The third kappa shape index (κ3) is 1.99. The first-order chi connectivity index (χ1) is 4.18. The van der Waals surface area contributed by atoms with Crippen molar-refractivity contribution < 1.29 is 9.31 Å². The normalized spacial score (nSPS) is 37.0. The van der Waals surface area contributed by atoms with Gasteiger partial charge in [0.2, 0.25) is 0 Å². The van der Waals surface area contributed by atoms with Crippen LogP contribution in [-0.2, 0) is 9.31 Å². The zero-order valence-corrected chi connectivity index (χ0v) is 6.26. The monoisotopic (exact) mass is 128 g/mol. The Bertz CT molecular complexity index is 72.0. The van der Waals surface area contributed by atoms with Crippen molar-refractivity contribution in [1.82, 2.24) is 0 Å². The van der Waals surface area contributed by atoms with Crippen LogP contribution in [0.1, 0.15) is 20.3 Å². The Morgan fingerprint density at radius 2 is 1.67 bits per heavy atom. The Morgan fingerprint density at radius 1 is 1.22 bits per heavy atom. The Kier molecular flexibility index (Phi) is 2.14. The molecule has 2 nitrogen and oxygen atoms in total. The van der Waals surface area contributed by atoms with E-state index < -0.39 is 0 Å². The van der Waals surface area contributed by atoms with E-state index in [1.54, 1.807) is 0 Å². The Balaban J connectivity index is 2.34. The van der Waals surface area contributed by atoms with Crippen LogP contribution in [0.3, 0.4) is 0 Å². The molecule has 0 aromatic heterocycles. The van der Waals surface area contributed by atoms with Crippen molar-refractivity contribution in [2.75, 3.05) is 0 Å². The molecule has 0 radical (unpaired) electrons. The Labute approximate surface area is 56.7 Å². The first-order valence-corrected chi connectivity index (χ1v) is 3.49. The summed E-state index contributed by atoms with van der Waals surface area (Å²) in [5.74, 6) is 0. The summed E-state index contributed by atoms with van der Waals surface area (Å²) in [5, 5.41) is 0. The molecule has 1 aliphatic rings. The van der Waals surface area contributed by atoms with E-state index in [4.69, 9.17) is 9.31 Å². The highest BCUT2D eigenvalue weighted by Gasteiger charge is 2.24. The first-order valence-electron chi connectivity index (χ1n) is 3.49. The molecular weight excluding hydrogens is 115 g/mol. The number of hydrogen-bond donors (Lipinski definition) is 0. The summed E-state index contributed by atoms with van der Waals surface area (Å²) in [6, 6.07) is 0. The summed E-state index contributed by atoms with van der Waals surface area (Å²) in [6.07, 6.45) is 1.75. The lowest BCUT2D eigenvalue weighted by Crippen LogP contribution is -2.36. The predicted molar refractivity (Wildman–Crippen MR) is 37.3 cm³/mol. The second kappa shape index (κ2) is 2.71. The fourth-order valence-electron chi connectivity index (χ4n) is 1.26. The molecule has 1 rings (SSSR count). The average Bonchev–Trinajstić information content (AvgIpc) is 1.59. The quantitative estimate of drug-likeness (QED) is 0.458. The van der Waals surface area contributed by atoms with Crippen LogP contribution in [0.4, 0.5) is 0 Å². The van der Waals surface area contributed by atoms with Crippen LogP contribution < -0.4 is 0 Å². The van der Waals surface area contributed by atoms with Crippen LogP contribution in [0.15, 0.2) is 0 Å². The van der Waals surface area contributed by atoms with E-state index in [1.165, 1.54) is 0 Å². The number of rotatable bonds is 0. The van der Waals surface area contributed by atoms with E-state index in [2.05, 4.69) is 13.8 Å². The molecule has 0 aromatic rings. The SMILES string of the molecule is CB1OC(C)CC(C)O1. The molecule has 0 amide bonds. The van der Waals surface area contributed by atoms with Gasteiger partial charge in [-0.25, -0.2) is 0 Å². The smallest absolute Gasteiger partial charge is 0.409 e. The fourth-order valence-corrected chi connectivity index (χ4v) is 1.26. The van der Waals surface area contributed by atoms with Gasteiger partial charge in [-0.1, -0.05) is 0 Å². The molecule has 9 heavy (non-hydrogen) atoms. The van der Waals surface area contributed by atoms with Gasteiger partial charge < -0.3 is 9.31 Å². The molecule has 2 unspecified atom stereocenters. The summed E-state index contributed by atoms with van der Waals surface area (Å²) in [4.78, 5) is 0. The van der Waals surface area contributed by atoms with Gasteiger partial charge in [-0.2, -0.15) is 0 Å². The minimum atomic E-state index is -0.0104. The van der Waals surface area contributed by atoms with Crippen LogP contribution in [0.5, 0.6) is 0 Å². The van der Waals surface area contributed by atoms with E-state index in [0.29, 0.717) is 12.2 Å². The second-order valence-corrected chi connectivity index (χ2v) is 2.70. The molecule has 3 heteroatoms. The summed E-state index contributed by atoms with van der Waals surface area (Å²) in [5.41, 5.74) is 0. The van der Waals surface area contributed by atoms with Crippen molar-refractivity contribution in [3.63, 3.8) is 0 Å². The van der Waals surface area contributed by atoms with E-state index in [9.17, 15) is 0 Å². The lowest BCUT2D eigenvalue weighted by molar-refractivity contribution is 0.0366. The Morgan fingerprint density at radius 3 is 2.00 bits per heavy atom. The third-order valence-corrected chi connectivity index (χ3v) is 1.51. The maximum absolute atomic E-state index is 5.33. The van der Waals surface area contributed by atoms with Crippen LogP contribution in [0.2, 0.25) is 6.82 Å². The summed E-state index contributed by atoms with van der Waals surface area (Å²) < 4.78 is 10.7. The zero-order chi connectivity index (χ0) is 6.85. The third-order valence-electron chi connectivity index (χ3n) is 1.51. The van der Waals surface area contributed by atoms with Gasteiger partial charge in [-0.15, -0.1) is 0 Å². The standard InChI is InChI=1S/C6H13BO2/c1-5-4-6(2)9-7(3)8-5/h5-6H,4H2,1-3H3. The topological polar surface area (TPSA) is 18.5 Å². The highest BCUT2D eigenvalue weighted by molar-refractivity contribution is 6.42. The molecule has 2 atom stereocenters. The first kappa shape index (κ1) is 7.10. The van der Waals surface area contributed by atoms with Gasteiger partial charge in [0.05, 0.1) is 0 Å². The van der Waals surface area contributed by atoms with Crippen LogP contribution in [-0.4, -0.2) is 19.3 Å². The van der Waals surface area contributed by atoms with Gasteiger partial charge in [0.1, 0.15) is 0 Å². The zero-order valence-electron chi connectivity index (χ0n) is 6.26. The largest absolute Gasteiger partial charge is 0.453 e. The number of hydrogen-bond acceptors (Lipinski definition) is 2. The van der Waals surface area contributed by atoms with Gasteiger partial charge in [-0.3, -0.25) is 0 Å². The molecule has 0 aliphatic carbocycles. The minimum Gasteiger partial charge on any atom is -0.409 e. The molecule has 52 valence electrons. The molecule has 0 aromatic carbocycles. The van der Waals surface area contributed by atoms with Crippen LogP contribution in [0.25, 0.3) is 0 Å². The van der Waals surface area contributed by atoms with Gasteiger partial charge >= 0.3 is 7.12 Å². The van der Waals surface area contributed by atoms with E-state index in [-0.39, 0.29) is 7.12 Å². The van der Waals surface area contributed by atoms with Crippen molar-refractivity contribution >= 4 is 7.12 Å². The van der Waals surface area contributed by atoms with Gasteiger partial charge in [0.15, 0.2) is 0 Å². The van der Waals surface area contributed by atoms with Gasteiger partial charge in [0.25, 0.3) is 0 Å². The van der Waals surface area contributed by atoms with Crippen LogP contribution in [0, 0.1) is 0 Å². The van der Waals surface area contributed by atoms with Crippen molar-refractivity contribution in [2.45, 2.75) is 39.3 Å². The van der Waals surface area contributed by atoms with Crippen molar-refractivity contribution in [3.8, 4) is 0 Å². The predicted octanol–water partition coefficient (Wildman–Crippen LogP) is 1.32. The molecule has 0 N–H and O–H groups in total. The maximum atomic E-state index is 5.33. The van der Waals surface area contributed by atoms with Crippen molar-refractivity contribution in [2.24, 2.45) is 0 Å². The molecule has 1 saturated heterocycles. The molecule has 1 aliphatic heterocycles. The average molecular weight is 128 g/mol. The maximum Gasteiger partial charge on any atom is 0.453 e. The molecule has 0 saturated carbocycles. The van der Waals surface area contributed by atoms with Crippen LogP contribution >= 0.6 is 0 Å². The lowest BCUT2D eigenvalue weighted by Gasteiger charge is -2.28.